The van der Waals surface area contributed by atoms with Crippen LogP contribution >= 0.6 is 0 Å². The third-order valence-corrected chi connectivity index (χ3v) is 2.72. The fraction of sp³-hybridized carbons (Fsp3) is 0.133. The fourth-order valence-corrected chi connectivity index (χ4v) is 1.67. The van der Waals surface area contributed by atoms with Gasteiger partial charge in [-0.1, -0.05) is 36.4 Å². The lowest BCUT2D eigenvalue weighted by Gasteiger charge is -2.02. The van der Waals surface area contributed by atoms with E-state index in [1.165, 1.54) is 7.55 Å². The quantitative estimate of drug-likeness (QED) is 0.393. The number of hydrogen-bond donors (Lipinski definition) is 0. The Labute approximate surface area is 139 Å². The molecule has 0 amide bonds. The summed E-state index contributed by atoms with van der Waals surface area (Å²) in [5.74, 6) is 0. The van der Waals surface area contributed by atoms with Gasteiger partial charge in [-0.25, -0.2) is 10.1 Å². The molecule has 9 heteroatoms. The molecule has 0 aliphatic heterocycles. The molecule has 0 unspecified atom stereocenters. The highest BCUT2D eigenvalue weighted by molar-refractivity contribution is 6.29. The number of azo groups is 1. The highest BCUT2D eigenvalue weighted by Crippen LogP contribution is 2.19. The van der Waals surface area contributed by atoms with Gasteiger partial charge in [-0.3, -0.25) is 4.79 Å². The molecule has 0 fully saturated rings. The molecule has 0 atom stereocenters. The maximum absolute atomic E-state index is 10.2. The second kappa shape index (κ2) is 10.5. The zero-order valence-electron chi connectivity index (χ0n) is 12.8. The summed E-state index contributed by atoms with van der Waals surface area (Å²) < 4.78 is 4.71. The van der Waals surface area contributed by atoms with Crippen LogP contribution in [0.4, 0.5) is 11.4 Å². The van der Waals surface area contributed by atoms with E-state index in [4.69, 9.17) is 4.74 Å². The highest BCUT2D eigenvalue weighted by atomic mass is 16.5. The Kier molecular flexibility index (Phi) is 7.49. The molecule has 119 valence electrons. The number of carbonyl (C=O) groups excluding carboxylic acids is 1. The summed E-state index contributed by atoms with van der Waals surface area (Å²) in [4.78, 5) is 10.2. The minimum Gasteiger partial charge on any atom is -0.463 e. The SMILES string of the molecule is O=COCc1ccccc1N=N[B]N=NCN=Nc1ccccc1. The summed E-state index contributed by atoms with van der Waals surface area (Å²) in [5.41, 5.74) is 2.09. The van der Waals surface area contributed by atoms with Crippen molar-refractivity contribution in [3.8, 4) is 0 Å². The van der Waals surface area contributed by atoms with Gasteiger partial charge in [0.2, 0.25) is 0 Å². The largest absolute Gasteiger partial charge is 0.485 e. The van der Waals surface area contributed by atoms with Crippen molar-refractivity contribution < 1.29 is 9.53 Å². The van der Waals surface area contributed by atoms with Crippen LogP contribution in [-0.2, 0) is 16.1 Å². The van der Waals surface area contributed by atoms with Gasteiger partial charge in [-0.2, -0.15) is 20.5 Å². The molecule has 8 nitrogen and oxygen atoms in total. The first-order chi connectivity index (χ1) is 11.9. The Morgan fingerprint density at radius 3 is 2.54 bits per heavy atom. The van der Waals surface area contributed by atoms with Gasteiger partial charge in [-0.05, 0) is 18.2 Å². The zero-order valence-corrected chi connectivity index (χ0v) is 12.8. The van der Waals surface area contributed by atoms with Gasteiger partial charge >= 0.3 is 7.55 Å². The topological polar surface area (TPSA) is 100 Å². The number of nitrogens with zero attached hydrogens (tertiary/aromatic N) is 6. The van der Waals surface area contributed by atoms with Crippen LogP contribution in [-0.4, -0.2) is 20.7 Å². The van der Waals surface area contributed by atoms with Crippen molar-refractivity contribution in [3.05, 3.63) is 60.2 Å². The molecule has 0 heterocycles. The third kappa shape index (κ3) is 6.26. The number of benzene rings is 2. The maximum atomic E-state index is 10.2. The smallest absolute Gasteiger partial charge is 0.463 e. The average Bonchev–Trinajstić information content (AvgIpc) is 2.64. The Morgan fingerprint density at radius 2 is 1.71 bits per heavy atom. The molecule has 0 aliphatic rings. The summed E-state index contributed by atoms with van der Waals surface area (Å²) in [6, 6.07) is 16.5. The minimum atomic E-state index is 0.102. The number of ether oxygens (including phenoxy) is 1. The Hall–Kier alpha value is -3.23. The second-order valence-electron chi connectivity index (χ2n) is 4.34. The molecule has 0 aliphatic carbocycles. The van der Waals surface area contributed by atoms with Crippen molar-refractivity contribution in [3.63, 3.8) is 0 Å². The summed E-state index contributed by atoms with van der Waals surface area (Å²) in [6.07, 6.45) is 0. The summed E-state index contributed by atoms with van der Waals surface area (Å²) in [6.45, 7) is 0.628. The van der Waals surface area contributed by atoms with Crippen molar-refractivity contribution in [1.29, 1.82) is 0 Å². The summed E-state index contributed by atoms with van der Waals surface area (Å²) in [5, 5.41) is 23.1. The third-order valence-electron chi connectivity index (χ3n) is 2.72. The standard InChI is InChI=1S/C15H14BN6O2/c23-12-24-10-13-6-4-5-9-15(13)20-22-16-21-18-11-17-19-14-7-2-1-3-8-14/h1-9,12H,10-11H2. The van der Waals surface area contributed by atoms with Crippen LogP contribution in [0.25, 0.3) is 0 Å². The van der Waals surface area contributed by atoms with E-state index in [9.17, 15) is 4.79 Å². The minimum absolute atomic E-state index is 0.102. The maximum Gasteiger partial charge on any atom is 0.485 e. The average molecular weight is 321 g/mol. The van der Waals surface area contributed by atoms with Gasteiger partial charge in [-0.15, -0.1) is 0 Å². The van der Waals surface area contributed by atoms with E-state index < -0.39 is 0 Å². The van der Waals surface area contributed by atoms with E-state index in [0.29, 0.717) is 12.2 Å². The normalized spacial score (nSPS) is 11.3. The van der Waals surface area contributed by atoms with Gasteiger partial charge in [0.1, 0.15) is 6.61 Å². The van der Waals surface area contributed by atoms with E-state index in [1.807, 2.05) is 42.5 Å². The molecular weight excluding hydrogens is 307 g/mol. The van der Waals surface area contributed by atoms with Crippen LogP contribution in [0.15, 0.2) is 85.1 Å². The van der Waals surface area contributed by atoms with Crippen LogP contribution in [0.2, 0.25) is 0 Å². The molecule has 2 rings (SSSR count). The number of hydrogen-bond acceptors (Lipinski definition) is 8. The van der Waals surface area contributed by atoms with Crippen LogP contribution in [0.1, 0.15) is 5.56 Å². The molecule has 0 spiro atoms. The van der Waals surface area contributed by atoms with Crippen molar-refractivity contribution in [2.75, 3.05) is 6.67 Å². The van der Waals surface area contributed by atoms with Gasteiger partial charge in [0.25, 0.3) is 6.47 Å². The van der Waals surface area contributed by atoms with Gasteiger partial charge < -0.3 is 4.74 Å². The van der Waals surface area contributed by atoms with Crippen LogP contribution < -0.4 is 0 Å². The van der Waals surface area contributed by atoms with Gasteiger partial charge in [0.05, 0.1) is 11.4 Å². The molecular formula is C15H14BN6O2. The lowest BCUT2D eigenvalue weighted by Crippen LogP contribution is -1.90. The zero-order chi connectivity index (χ0) is 16.9. The molecule has 1 radical (unpaired) electrons. The van der Waals surface area contributed by atoms with Crippen molar-refractivity contribution >= 4 is 25.4 Å². The molecule has 0 aromatic heterocycles. The first-order valence-electron chi connectivity index (χ1n) is 7.05. The first kappa shape index (κ1) is 17.1. The van der Waals surface area contributed by atoms with E-state index in [0.717, 1.165) is 11.3 Å². The van der Waals surface area contributed by atoms with Crippen molar-refractivity contribution in [1.82, 2.24) is 0 Å². The second-order valence-corrected chi connectivity index (χ2v) is 4.34. The molecule has 24 heavy (non-hydrogen) atoms. The number of rotatable bonds is 9. The highest BCUT2D eigenvalue weighted by Gasteiger charge is 2.00. The monoisotopic (exact) mass is 321 g/mol. The molecule has 2 aromatic carbocycles. The van der Waals surface area contributed by atoms with E-state index in [2.05, 4.69) is 30.5 Å². The summed E-state index contributed by atoms with van der Waals surface area (Å²) >= 11 is 0. The molecule has 0 saturated carbocycles. The van der Waals surface area contributed by atoms with Crippen molar-refractivity contribution in [2.45, 2.75) is 6.61 Å². The lowest BCUT2D eigenvalue weighted by atomic mass is 10.2. The first-order valence-corrected chi connectivity index (χ1v) is 7.05. The molecule has 0 saturated heterocycles. The Balaban J connectivity index is 1.76. The van der Waals surface area contributed by atoms with Gasteiger partial charge in [0, 0.05) is 5.56 Å². The summed E-state index contributed by atoms with van der Waals surface area (Å²) in [7, 11) is 1.20. The molecule has 0 N–H and O–H groups in total. The Morgan fingerprint density at radius 1 is 0.917 bits per heavy atom. The predicted octanol–water partition coefficient (Wildman–Crippen LogP) is 4.17. The molecule has 2 aromatic rings. The van der Waals surface area contributed by atoms with E-state index >= 15 is 0 Å². The Bertz CT molecular complexity index is 721. The van der Waals surface area contributed by atoms with E-state index in [1.54, 1.807) is 12.1 Å². The molecule has 0 bridgehead atoms. The van der Waals surface area contributed by atoms with Crippen LogP contribution in [0, 0.1) is 0 Å². The van der Waals surface area contributed by atoms with Crippen LogP contribution in [0.3, 0.4) is 0 Å². The van der Waals surface area contributed by atoms with Gasteiger partial charge in [0.15, 0.2) is 6.67 Å². The fourth-order valence-electron chi connectivity index (χ4n) is 1.67. The predicted molar refractivity (Wildman–Crippen MR) is 88.2 cm³/mol. The van der Waals surface area contributed by atoms with E-state index in [-0.39, 0.29) is 13.3 Å². The van der Waals surface area contributed by atoms with Crippen LogP contribution in [0.5, 0.6) is 0 Å². The lowest BCUT2D eigenvalue weighted by molar-refractivity contribution is -0.129. The number of carbonyl (C=O) groups is 1. The van der Waals surface area contributed by atoms with Crippen molar-refractivity contribution in [2.24, 2.45) is 30.5 Å².